The Morgan fingerprint density at radius 3 is 2.92 bits per heavy atom. The molecule has 2 heteroatoms. The first-order valence-electron chi connectivity index (χ1n) is 4.49. The van der Waals surface area contributed by atoms with Crippen molar-refractivity contribution in [1.82, 2.24) is 4.98 Å². The van der Waals surface area contributed by atoms with E-state index in [1.54, 1.807) is 6.07 Å². The zero-order valence-electron chi connectivity index (χ0n) is 7.36. The molecular formula is C11H11NO. The van der Waals surface area contributed by atoms with Gasteiger partial charge in [-0.3, -0.25) is 0 Å². The minimum absolute atomic E-state index is 0.362. The third kappa shape index (κ3) is 1.81. The fourth-order valence-corrected chi connectivity index (χ4v) is 1.22. The van der Waals surface area contributed by atoms with Crippen LogP contribution < -0.4 is 4.74 Å². The molecule has 0 unspecified atom stereocenters. The van der Waals surface area contributed by atoms with Crippen molar-refractivity contribution in [3.8, 4) is 18.2 Å². The Balaban J connectivity index is 2.07. The topological polar surface area (TPSA) is 22.1 Å². The van der Waals surface area contributed by atoms with Gasteiger partial charge >= 0.3 is 0 Å². The van der Waals surface area contributed by atoms with Crippen molar-refractivity contribution >= 4 is 0 Å². The number of pyridine rings is 1. The number of hydrogen-bond acceptors (Lipinski definition) is 2. The van der Waals surface area contributed by atoms with Crippen LogP contribution in [0.4, 0.5) is 0 Å². The fraction of sp³-hybridized carbons (Fsp3) is 0.364. The van der Waals surface area contributed by atoms with Gasteiger partial charge in [0.05, 0.1) is 0 Å². The summed E-state index contributed by atoms with van der Waals surface area (Å²) in [5.41, 5.74) is 0.636. The lowest BCUT2D eigenvalue weighted by atomic mass is 9.96. The van der Waals surface area contributed by atoms with Gasteiger partial charge in [-0.15, -0.1) is 6.42 Å². The number of aromatic nitrogens is 1. The van der Waals surface area contributed by atoms with Crippen LogP contribution in [-0.2, 0) is 0 Å². The Labute approximate surface area is 77.9 Å². The zero-order valence-corrected chi connectivity index (χ0v) is 7.36. The summed E-state index contributed by atoms with van der Waals surface area (Å²) in [6.07, 6.45) is 9.13. The first-order valence-corrected chi connectivity index (χ1v) is 4.49. The molecule has 1 saturated carbocycles. The van der Waals surface area contributed by atoms with Gasteiger partial charge in [-0.25, -0.2) is 4.98 Å². The summed E-state index contributed by atoms with van der Waals surface area (Å²) in [6, 6.07) is 5.52. The highest BCUT2D eigenvalue weighted by molar-refractivity contribution is 5.27. The molecule has 1 fully saturated rings. The Hall–Kier alpha value is -1.49. The van der Waals surface area contributed by atoms with Crippen LogP contribution in [0.3, 0.4) is 0 Å². The Bertz CT molecular complexity index is 336. The lowest BCUT2D eigenvalue weighted by Gasteiger charge is -2.25. The largest absolute Gasteiger partial charge is 0.474 e. The Morgan fingerprint density at radius 1 is 1.46 bits per heavy atom. The Kier molecular flexibility index (Phi) is 2.18. The van der Waals surface area contributed by atoms with Crippen molar-refractivity contribution in [2.45, 2.75) is 25.4 Å². The van der Waals surface area contributed by atoms with Crippen LogP contribution in [0.5, 0.6) is 5.88 Å². The van der Waals surface area contributed by atoms with Crippen molar-refractivity contribution in [2.24, 2.45) is 0 Å². The third-order valence-corrected chi connectivity index (χ3v) is 2.21. The molecule has 66 valence electrons. The number of hydrogen-bond donors (Lipinski definition) is 0. The molecule has 1 aromatic heterocycles. The summed E-state index contributed by atoms with van der Waals surface area (Å²) in [4.78, 5) is 4.15. The lowest BCUT2D eigenvalue weighted by Crippen LogP contribution is -2.24. The SMILES string of the molecule is C#Cc1cccc(OC2CCC2)n1. The van der Waals surface area contributed by atoms with E-state index in [2.05, 4.69) is 10.9 Å². The number of nitrogens with zero attached hydrogens (tertiary/aromatic N) is 1. The lowest BCUT2D eigenvalue weighted by molar-refractivity contribution is 0.114. The van der Waals surface area contributed by atoms with Gasteiger partial charge in [-0.05, 0) is 25.3 Å². The molecule has 0 radical (unpaired) electrons. The molecule has 0 amide bonds. The van der Waals surface area contributed by atoms with Gasteiger partial charge in [-0.1, -0.05) is 12.0 Å². The highest BCUT2D eigenvalue weighted by Crippen LogP contribution is 2.23. The van der Waals surface area contributed by atoms with E-state index >= 15 is 0 Å². The maximum atomic E-state index is 5.59. The monoisotopic (exact) mass is 173 g/mol. The summed E-state index contributed by atoms with van der Waals surface area (Å²) in [6.45, 7) is 0. The highest BCUT2D eigenvalue weighted by Gasteiger charge is 2.19. The molecule has 2 nitrogen and oxygen atoms in total. The number of rotatable bonds is 2. The van der Waals surface area contributed by atoms with E-state index in [0.29, 0.717) is 17.7 Å². The van der Waals surface area contributed by atoms with Crippen LogP contribution >= 0.6 is 0 Å². The van der Waals surface area contributed by atoms with Crippen LogP contribution in [0.1, 0.15) is 25.0 Å². The number of ether oxygens (including phenoxy) is 1. The molecule has 0 bridgehead atoms. The minimum Gasteiger partial charge on any atom is -0.474 e. The first kappa shape index (κ1) is 8.12. The second-order valence-corrected chi connectivity index (χ2v) is 3.18. The van der Waals surface area contributed by atoms with Crippen LogP contribution in [0.15, 0.2) is 18.2 Å². The van der Waals surface area contributed by atoms with Gasteiger partial charge in [0.1, 0.15) is 11.8 Å². The molecular weight excluding hydrogens is 162 g/mol. The summed E-state index contributed by atoms with van der Waals surface area (Å²) in [5, 5.41) is 0. The molecule has 2 rings (SSSR count). The standard InChI is InChI=1S/C11H11NO/c1-2-9-5-3-8-11(12-9)13-10-6-4-7-10/h1,3,5,8,10H,4,6-7H2. The summed E-state index contributed by atoms with van der Waals surface area (Å²) in [5.74, 6) is 3.14. The molecule has 1 aliphatic carbocycles. The van der Waals surface area contributed by atoms with Crippen LogP contribution in [0.2, 0.25) is 0 Å². The van der Waals surface area contributed by atoms with Gasteiger partial charge in [0, 0.05) is 6.07 Å². The second kappa shape index (κ2) is 3.49. The fourth-order valence-electron chi connectivity index (χ4n) is 1.22. The maximum absolute atomic E-state index is 5.59. The van der Waals surface area contributed by atoms with Crippen molar-refractivity contribution in [2.75, 3.05) is 0 Å². The van der Waals surface area contributed by atoms with Gasteiger partial charge in [-0.2, -0.15) is 0 Å². The quantitative estimate of drug-likeness (QED) is 0.638. The van der Waals surface area contributed by atoms with E-state index in [1.807, 2.05) is 12.1 Å². The van der Waals surface area contributed by atoms with E-state index in [1.165, 1.54) is 6.42 Å². The molecule has 1 heterocycles. The molecule has 0 aliphatic heterocycles. The third-order valence-electron chi connectivity index (χ3n) is 2.21. The average Bonchev–Trinajstić information content (AvgIpc) is 2.12. The molecule has 1 aromatic rings. The molecule has 1 aliphatic rings. The average molecular weight is 173 g/mol. The van der Waals surface area contributed by atoms with E-state index in [4.69, 9.17) is 11.2 Å². The second-order valence-electron chi connectivity index (χ2n) is 3.18. The molecule has 13 heavy (non-hydrogen) atoms. The van der Waals surface area contributed by atoms with E-state index in [0.717, 1.165) is 12.8 Å². The van der Waals surface area contributed by atoms with Crippen LogP contribution in [0, 0.1) is 12.3 Å². The summed E-state index contributed by atoms with van der Waals surface area (Å²) < 4.78 is 5.59. The van der Waals surface area contributed by atoms with Crippen molar-refractivity contribution < 1.29 is 4.74 Å². The smallest absolute Gasteiger partial charge is 0.214 e. The van der Waals surface area contributed by atoms with Crippen molar-refractivity contribution in [3.05, 3.63) is 23.9 Å². The molecule has 0 N–H and O–H groups in total. The minimum atomic E-state index is 0.362. The van der Waals surface area contributed by atoms with Crippen LogP contribution in [0.25, 0.3) is 0 Å². The predicted octanol–water partition coefficient (Wildman–Crippen LogP) is 1.99. The van der Waals surface area contributed by atoms with Crippen molar-refractivity contribution in [3.63, 3.8) is 0 Å². The predicted molar refractivity (Wildman–Crippen MR) is 50.4 cm³/mol. The van der Waals surface area contributed by atoms with E-state index in [-0.39, 0.29) is 0 Å². The number of terminal acetylenes is 1. The van der Waals surface area contributed by atoms with E-state index in [9.17, 15) is 0 Å². The highest BCUT2D eigenvalue weighted by atomic mass is 16.5. The Morgan fingerprint density at radius 2 is 2.31 bits per heavy atom. The van der Waals surface area contributed by atoms with Gasteiger partial charge < -0.3 is 4.74 Å². The normalized spacial score (nSPS) is 15.9. The molecule has 0 aromatic carbocycles. The zero-order chi connectivity index (χ0) is 9.10. The molecule has 0 saturated heterocycles. The maximum Gasteiger partial charge on any atom is 0.214 e. The summed E-state index contributed by atoms with van der Waals surface area (Å²) in [7, 11) is 0. The molecule has 0 atom stereocenters. The van der Waals surface area contributed by atoms with Crippen LogP contribution in [-0.4, -0.2) is 11.1 Å². The summed E-state index contributed by atoms with van der Waals surface area (Å²) >= 11 is 0. The van der Waals surface area contributed by atoms with Gasteiger partial charge in [0.15, 0.2) is 0 Å². The van der Waals surface area contributed by atoms with Crippen molar-refractivity contribution in [1.29, 1.82) is 0 Å². The van der Waals surface area contributed by atoms with E-state index < -0.39 is 0 Å². The van der Waals surface area contributed by atoms with Gasteiger partial charge in [0.2, 0.25) is 5.88 Å². The first-order chi connectivity index (χ1) is 6.38. The van der Waals surface area contributed by atoms with Gasteiger partial charge in [0.25, 0.3) is 0 Å². The molecule has 0 spiro atoms.